The third kappa shape index (κ3) is 4.22. The van der Waals surface area contributed by atoms with Crippen LogP contribution in [0.15, 0.2) is 0 Å². The highest BCUT2D eigenvalue weighted by molar-refractivity contribution is 5.98. The van der Waals surface area contributed by atoms with Crippen molar-refractivity contribution >= 4 is 11.9 Å². The normalized spacial score (nSPS) is 22.5. The molecule has 0 spiro atoms. The van der Waals surface area contributed by atoms with Gasteiger partial charge in [-0.3, -0.25) is 9.59 Å². The molecule has 0 saturated heterocycles. The van der Waals surface area contributed by atoms with E-state index in [4.69, 9.17) is 4.74 Å². The van der Waals surface area contributed by atoms with Gasteiger partial charge in [0.15, 0.2) is 0 Å². The first kappa shape index (κ1) is 16.0. The van der Waals surface area contributed by atoms with E-state index >= 15 is 0 Å². The zero-order valence-electron chi connectivity index (χ0n) is 13.0. The van der Waals surface area contributed by atoms with Gasteiger partial charge in [-0.15, -0.1) is 0 Å². The van der Waals surface area contributed by atoms with E-state index in [9.17, 15) is 9.59 Å². The van der Waals surface area contributed by atoms with Crippen molar-refractivity contribution in [3.8, 4) is 0 Å². The lowest BCUT2D eigenvalue weighted by Crippen LogP contribution is -2.44. The maximum Gasteiger partial charge on any atom is 0.319 e. The van der Waals surface area contributed by atoms with Crippen LogP contribution in [0.25, 0.3) is 0 Å². The number of hydrogen-bond donors (Lipinski definition) is 1. The number of rotatable bonds is 5. The third-order valence-corrected chi connectivity index (χ3v) is 3.89. The van der Waals surface area contributed by atoms with Gasteiger partial charge in [-0.25, -0.2) is 0 Å². The molecule has 1 rings (SSSR count). The van der Waals surface area contributed by atoms with Gasteiger partial charge in [0.2, 0.25) is 5.91 Å². The predicted octanol–water partition coefficient (Wildman–Crippen LogP) is 2.37. The van der Waals surface area contributed by atoms with Crippen molar-refractivity contribution in [3.05, 3.63) is 0 Å². The van der Waals surface area contributed by atoms with Crippen LogP contribution in [0.3, 0.4) is 0 Å². The van der Waals surface area contributed by atoms with Gasteiger partial charge in [0, 0.05) is 6.54 Å². The molecule has 4 nitrogen and oxygen atoms in total. The maximum absolute atomic E-state index is 12.2. The molecule has 1 saturated carbocycles. The minimum atomic E-state index is -0.741. The molecule has 1 fully saturated rings. The van der Waals surface area contributed by atoms with E-state index in [1.165, 1.54) is 0 Å². The van der Waals surface area contributed by atoms with Gasteiger partial charge in [0.1, 0.15) is 5.92 Å². The number of ether oxygens (including phenoxy) is 1. The topological polar surface area (TPSA) is 55.4 Å². The summed E-state index contributed by atoms with van der Waals surface area (Å²) < 4.78 is 5.02. The summed E-state index contributed by atoms with van der Waals surface area (Å²) in [6.45, 7) is 12.7. The Morgan fingerprint density at radius 3 is 2.26 bits per heavy atom. The van der Waals surface area contributed by atoms with Crippen molar-refractivity contribution in [1.29, 1.82) is 0 Å². The molecule has 2 atom stereocenters. The van der Waals surface area contributed by atoms with E-state index in [1.54, 1.807) is 6.92 Å². The Morgan fingerprint density at radius 1 is 1.37 bits per heavy atom. The Balaban J connectivity index is 2.60. The molecule has 0 aliphatic heterocycles. The molecule has 1 aliphatic rings. The van der Waals surface area contributed by atoms with Gasteiger partial charge in [-0.05, 0) is 30.1 Å². The summed E-state index contributed by atoms with van der Waals surface area (Å²) in [7, 11) is 0. The zero-order valence-corrected chi connectivity index (χ0v) is 13.0. The Hall–Kier alpha value is -1.06. The fraction of sp³-hybridized carbons (Fsp3) is 0.867. The Labute approximate surface area is 116 Å². The minimum absolute atomic E-state index is 0.214. The molecule has 0 aromatic carbocycles. The highest BCUT2D eigenvalue weighted by Gasteiger charge is 2.46. The van der Waals surface area contributed by atoms with Crippen LogP contribution in [-0.4, -0.2) is 25.0 Å². The molecule has 1 N–H and O–H groups in total. The van der Waals surface area contributed by atoms with E-state index in [1.807, 2.05) is 20.8 Å². The van der Waals surface area contributed by atoms with Crippen LogP contribution < -0.4 is 5.32 Å². The monoisotopic (exact) mass is 269 g/mol. The molecule has 0 aromatic rings. The Morgan fingerprint density at radius 2 is 1.89 bits per heavy atom. The first-order valence-electron chi connectivity index (χ1n) is 7.04. The lowest BCUT2D eigenvalue weighted by Gasteiger charge is -2.27. The molecule has 1 amide bonds. The number of carbonyl (C=O) groups is 2. The van der Waals surface area contributed by atoms with Gasteiger partial charge in [-0.2, -0.15) is 0 Å². The molecule has 0 heterocycles. The first-order valence-corrected chi connectivity index (χ1v) is 7.04. The Kier molecular flexibility index (Phi) is 4.64. The van der Waals surface area contributed by atoms with Crippen molar-refractivity contribution < 1.29 is 14.3 Å². The number of esters is 1. The van der Waals surface area contributed by atoms with Gasteiger partial charge in [0.05, 0.1) is 6.61 Å². The summed E-state index contributed by atoms with van der Waals surface area (Å²) in [5.74, 6) is -0.857. The SMILES string of the molecule is CCOC(=O)C(C(=O)NCC1CC1(C)C)C(C)(C)C. The van der Waals surface area contributed by atoms with Crippen LogP contribution >= 0.6 is 0 Å². The van der Waals surface area contributed by atoms with Gasteiger partial charge < -0.3 is 10.1 Å². The molecule has 2 unspecified atom stereocenters. The largest absolute Gasteiger partial charge is 0.465 e. The van der Waals surface area contributed by atoms with Gasteiger partial charge >= 0.3 is 5.97 Å². The summed E-state index contributed by atoms with van der Waals surface area (Å²) in [5, 5.41) is 2.91. The van der Waals surface area contributed by atoms with E-state index < -0.39 is 17.3 Å². The molecular formula is C15H27NO3. The molecule has 4 heteroatoms. The van der Waals surface area contributed by atoms with Crippen molar-refractivity contribution in [3.63, 3.8) is 0 Å². The fourth-order valence-corrected chi connectivity index (χ4v) is 2.33. The molecule has 1 aliphatic carbocycles. The summed E-state index contributed by atoms with van der Waals surface area (Å²) in [4.78, 5) is 24.2. The second kappa shape index (κ2) is 5.51. The standard InChI is InChI=1S/C15H27NO3/c1-7-19-13(18)11(14(2,3)4)12(17)16-9-10-8-15(10,5)6/h10-11H,7-9H2,1-6H3,(H,16,17). The molecule has 110 valence electrons. The van der Waals surface area contributed by atoms with Gasteiger partial charge in [-0.1, -0.05) is 34.6 Å². The first-order chi connectivity index (χ1) is 8.59. The highest BCUT2D eigenvalue weighted by atomic mass is 16.5. The van der Waals surface area contributed by atoms with E-state index in [-0.39, 0.29) is 5.91 Å². The quantitative estimate of drug-likeness (QED) is 0.616. The number of amides is 1. The van der Waals surface area contributed by atoms with E-state index in [0.29, 0.717) is 24.5 Å². The van der Waals surface area contributed by atoms with Crippen molar-refractivity contribution in [2.75, 3.05) is 13.2 Å². The molecular weight excluding hydrogens is 242 g/mol. The van der Waals surface area contributed by atoms with Crippen LogP contribution in [-0.2, 0) is 14.3 Å². The van der Waals surface area contributed by atoms with Crippen LogP contribution in [0.2, 0.25) is 0 Å². The second-order valence-electron chi connectivity index (χ2n) is 7.19. The predicted molar refractivity (Wildman–Crippen MR) is 74.5 cm³/mol. The van der Waals surface area contributed by atoms with E-state index in [2.05, 4.69) is 19.2 Å². The summed E-state index contributed by atoms with van der Waals surface area (Å²) in [5.41, 5.74) is -0.107. The van der Waals surface area contributed by atoms with Crippen molar-refractivity contribution in [1.82, 2.24) is 5.32 Å². The molecule has 0 bridgehead atoms. The summed E-state index contributed by atoms with van der Waals surface area (Å²) >= 11 is 0. The Bertz CT molecular complexity index is 355. The van der Waals surface area contributed by atoms with Crippen LogP contribution in [0.1, 0.15) is 48.0 Å². The van der Waals surface area contributed by atoms with Crippen molar-refractivity contribution in [2.24, 2.45) is 22.7 Å². The average molecular weight is 269 g/mol. The number of nitrogens with one attached hydrogen (secondary N) is 1. The van der Waals surface area contributed by atoms with Crippen molar-refractivity contribution in [2.45, 2.75) is 48.0 Å². The van der Waals surface area contributed by atoms with Crippen LogP contribution in [0.5, 0.6) is 0 Å². The third-order valence-electron chi connectivity index (χ3n) is 3.89. The smallest absolute Gasteiger partial charge is 0.319 e. The van der Waals surface area contributed by atoms with E-state index in [0.717, 1.165) is 6.42 Å². The number of carbonyl (C=O) groups excluding carboxylic acids is 2. The van der Waals surface area contributed by atoms with Crippen LogP contribution in [0.4, 0.5) is 0 Å². The molecule has 0 aromatic heterocycles. The number of hydrogen-bond acceptors (Lipinski definition) is 3. The molecule has 19 heavy (non-hydrogen) atoms. The fourth-order valence-electron chi connectivity index (χ4n) is 2.33. The molecule has 0 radical (unpaired) electrons. The minimum Gasteiger partial charge on any atom is -0.465 e. The summed E-state index contributed by atoms with van der Waals surface area (Å²) in [6, 6.07) is 0. The lowest BCUT2D eigenvalue weighted by molar-refractivity contribution is -0.156. The van der Waals surface area contributed by atoms with Gasteiger partial charge in [0.25, 0.3) is 0 Å². The summed E-state index contributed by atoms with van der Waals surface area (Å²) in [6.07, 6.45) is 1.13. The second-order valence-corrected chi connectivity index (χ2v) is 7.19. The average Bonchev–Trinajstić information content (AvgIpc) is 2.82. The zero-order chi connectivity index (χ0) is 14.8. The highest BCUT2D eigenvalue weighted by Crippen LogP contribution is 2.51. The lowest BCUT2D eigenvalue weighted by atomic mass is 9.80. The van der Waals surface area contributed by atoms with Crippen LogP contribution in [0, 0.1) is 22.7 Å². The maximum atomic E-state index is 12.2.